The molecule has 0 unspecified atom stereocenters. The number of carbonyl (C=O) groups is 1. The van der Waals surface area contributed by atoms with E-state index in [0.29, 0.717) is 16.6 Å². The molecule has 3 aromatic carbocycles. The molecule has 5 rings (SSSR count). The second-order valence-corrected chi connectivity index (χ2v) is 9.81. The molecule has 6 nitrogen and oxygen atoms in total. The molecule has 7 heteroatoms. The zero-order valence-corrected chi connectivity index (χ0v) is 21.3. The van der Waals surface area contributed by atoms with Crippen molar-refractivity contribution in [3.63, 3.8) is 0 Å². The molecule has 3 aromatic rings. The number of hydrogen-bond acceptors (Lipinski definition) is 4. The number of methoxy groups -OCH3 is 1. The van der Waals surface area contributed by atoms with Gasteiger partial charge in [0, 0.05) is 16.9 Å². The lowest BCUT2D eigenvalue weighted by atomic mass is 9.78. The quantitative estimate of drug-likeness (QED) is 0.479. The highest BCUT2D eigenvalue weighted by molar-refractivity contribution is 7.80. The van der Waals surface area contributed by atoms with E-state index >= 15 is 0 Å². The summed E-state index contributed by atoms with van der Waals surface area (Å²) in [6.45, 7) is 7.99. The minimum atomic E-state index is -1.11. The zero-order valence-electron chi connectivity index (χ0n) is 20.5. The molecule has 35 heavy (non-hydrogen) atoms. The van der Waals surface area contributed by atoms with Gasteiger partial charge in [-0.15, -0.1) is 0 Å². The van der Waals surface area contributed by atoms with Gasteiger partial charge >= 0.3 is 0 Å². The van der Waals surface area contributed by atoms with Crippen LogP contribution in [0.25, 0.3) is 0 Å². The minimum absolute atomic E-state index is 0.148. The molecule has 0 radical (unpaired) electrons. The summed E-state index contributed by atoms with van der Waals surface area (Å²) >= 11 is 5.85. The van der Waals surface area contributed by atoms with Gasteiger partial charge in [0.25, 0.3) is 0 Å². The van der Waals surface area contributed by atoms with Gasteiger partial charge in [-0.05, 0) is 75.3 Å². The Morgan fingerprint density at radius 1 is 1.09 bits per heavy atom. The molecule has 180 valence electrons. The van der Waals surface area contributed by atoms with E-state index in [2.05, 4.69) is 16.7 Å². The number of anilines is 2. The molecule has 3 atom stereocenters. The lowest BCUT2D eigenvalue weighted by Crippen LogP contribution is -2.72. The minimum Gasteiger partial charge on any atom is -0.493 e. The molecule has 1 saturated heterocycles. The third-order valence-corrected chi connectivity index (χ3v) is 7.19. The van der Waals surface area contributed by atoms with Gasteiger partial charge in [0.15, 0.2) is 22.3 Å². The van der Waals surface area contributed by atoms with Crippen LogP contribution in [0.5, 0.6) is 11.5 Å². The highest BCUT2D eigenvalue weighted by atomic mass is 32.1. The predicted molar refractivity (Wildman–Crippen MR) is 142 cm³/mol. The van der Waals surface area contributed by atoms with E-state index in [9.17, 15) is 4.79 Å². The Labute approximate surface area is 211 Å². The highest BCUT2D eigenvalue weighted by Gasteiger charge is 2.59. The van der Waals surface area contributed by atoms with Crippen molar-refractivity contribution in [2.24, 2.45) is 5.92 Å². The third kappa shape index (κ3) is 3.80. The lowest BCUT2D eigenvalue weighted by molar-refractivity contribution is -0.130. The van der Waals surface area contributed by atoms with Crippen LogP contribution in [0.3, 0.4) is 0 Å². The Morgan fingerprint density at radius 3 is 2.54 bits per heavy atom. The molecule has 1 amide bonds. The molecule has 0 spiro atoms. The fraction of sp³-hybridized carbons (Fsp3) is 0.286. The average Bonchev–Trinajstić information content (AvgIpc) is 2.80. The van der Waals surface area contributed by atoms with Gasteiger partial charge in [0.2, 0.25) is 5.91 Å². The number of thiocarbonyl (C=S) groups is 1. The molecule has 2 aliphatic rings. The number of nitrogens with one attached hydrogen (secondary N) is 2. The number of aryl methyl sites for hydroxylation is 3. The molecule has 2 bridgehead atoms. The van der Waals surface area contributed by atoms with Crippen molar-refractivity contribution in [2.75, 3.05) is 17.3 Å². The molecular weight excluding hydrogens is 458 g/mol. The number of ether oxygens (including phenoxy) is 2. The molecule has 0 saturated carbocycles. The molecule has 0 aromatic heterocycles. The average molecular weight is 488 g/mol. The van der Waals surface area contributed by atoms with Crippen LogP contribution in [0.1, 0.15) is 35.2 Å². The van der Waals surface area contributed by atoms with E-state index < -0.39 is 17.7 Å². The van der Waals surface area contributed by atoms with Crippen LogP contribution in [0.2, 0.25) is 0 Å². The van der Waals surface area contributed by atoms with Crippen molar-refractivity contribution >= 4 is 34.6 Å². The second kappa shape index (κ2) is 8.57. The maximum atomic E-state index is 14.0. The first-order valence-electron chi connectivity index (χ1n) is 11.6. The number of nitrogens with zero attached hydrogens (tertiary/aromatic N) is 1. The Kier molecular flexibility index (Phi) is 5.68. The van der Waals surface area contributed by atoms with Crippen molar-refractivity contribution in [1.29, 1.82) is 0 Å². The van der Waals surface area contributed by atoms with Crippen LogP contribution in [-0.2, 0) is 4.79 Å². The zero-order chi connectivity index (χ0) is 24.9. The normalized spacial score (nSPS) is 22.5. The largest absolute Gasteiger partial charge is 0.493 e. The number of benzene rings is 3. The first kappa shape index (κ1) is 23.2. The maximum Gasteiger partial charge on any atom is 0.236 e. The van der Waals surface area contributed by atoms with E-state index in [1.54, 1.807) is 7.11 Å². The number of para-hydroxylation sites is 1. The Bertz CT molecular complexity index is 1340. The summed E-state index contributed by atoms with van der Waals surface area (Å²) in [4.78, 5) is 15.9. The topological polar surface area (TPSA) is 62.8 Å². The Hall–Kier alpha value is -3.58. The maximum absolute atomic E-state index is 14.0. The number of carbonyl (C=O) groups excluding carboxylic acids is 1. The number of hydrogen-bond donors (Lipinski definition) is 2. The third-order valence-electron chi connectivity index (χ3n) is 6.89. The summed E-state index contributed by atoms with van der Waals surface area (Å²) in [5.74, 6) is 0.470. The van der Waals surface area contributed by atoms with Crippen molar-refractivity contribution < 1.29 is 14.3 Å². The van der Waals surface area contributed by atoms with Crippen LogP contribution >= 0.6 is 12.2 Å². The standard InChI is InChI=1S/C28H29N3O3S/c1-16-8-6-9-19(15-16)31-27(35)30-24-20-10-7-11-22(33-5)25(20)34-28(31,4)23(24)26(32)29-21-13-12-17(2)14-18(21)3/h6-15,23-24H,1-5H3,(H,29,32)(H,30,35)/t23-,24-,28-/m0/s1. The van der Waals surface area contributed by atoms with E-state index in [1.165, 1.54) is 0 Å². The molecule has 2 heterocycles. The van der Waals surface area contributed by atoms with Gasteiger partial charge in [-0.3, -0.25) is 9.69 Å². The van der Waals surface area contributed by atoms with Crippen LogP contribution in [0.4, 0.5) is 11.4 Å². The number of rotatable bonds is 4. The summed E-state index contributed by atoms with van der Waals surface area (Å²) in [5.41, 5.74) is 4.60. The number of fused-ring (bicyclic) bond motifs is 4. The van der Waals surface area contributed by atoms with Crippen molar-refractivity contribution in [1.82, 2.24) is 5.32 Å². The fourth-order valence-electron chi connectivity index (χ4n) is 5.25. The van der Waals surface area contributed by atoms with Crippen molar-refractivity contribution in [3.8, 4) is 11.5 Å². The lowest BCUT2D eigenvalue weighted by Gasteiger charge is -2.56. The monoisotopic (exact) mass is 487 g/mol. The van der Waals surface area contributed by atoms with Crippen molar-refractivity contribution in [2.45, 2.75) is 39.5 Å². The Balaban J connectivity index is 1.65. The summed E-state index contributed by atoms with van der Waals surface area (Å²) < 4.78 is 12.3. The van der Waals surface area contributed by atoms with Gasteiger partial charge in [-0.1, -0.05) is 42.0 Å². The molecule has 1 fully saturated rings. The fourth-order valence-corrected chi connectivity index (χ4v) is 5.66. The summed E-state index contributed by atoms with van der Waals surface area (Å²) in [7, 11) is 1.62. The van der Waals surface area contributed by atoms with Gasteiger partial charge in [-0.25, -0.2) is 0 Å². The van der Waals surface area contributed by atoms with Crippen molar-refractivity contribution in [3.05, 3.63) is 82.9 Å². The van der Waals surface area contributed by atoms with E-state index in [-0.39, 0.29) is 5.91 Å². The van der Waals surface area contributed by atoms with Gasteiger partial charge in [0.05, 0.1) is 13.2 Å². The first-order valence-corrected chi connectivity index (χ1v) is 12.0. The van der Waals surface area contributed by atoms with Crippen LogP contribution in [0, 0.1) is 26.7 Å². The second-order valence-electron chi connectivity index (χ2n) is 9.42. The molecule has 0 aliphatic carbocycles. The SMILES string of the molecule is COc1cccc2c1O[C@@]1(C)[C@H](C(=O)Nc3ccc(C)cc3C)[C@H]2NC(=S)N1c1cccc(C)c1. The first-order chi connectivity index (χ1) is 16.7. The van der Waals surface area contributed by atoms with Gasteiger partial charge in [-0.2, -0.15) is 0 Å². The molecule has 2 N–H and O–H groups in total. The van der Waals surface area contributed by atoms with Gasteiger partial charge < -0.3 is 20.1 Å². The van der Waals surface area contributed by atoms with E-state index in [4.69, 9.17) is 21.7 Å². The summed E-state index contributed by atoms with van der Waals surface area (Å²) in [6.07, 6.45) is 0. The van der Waals surface area contributed by atoms with Crippen LogP contribution in [0.15, 0.2) is 60.7 Å². The Morgan fingerprint density at radius 2 is 1.83 bits per heavy atom. The summed E-state index contributed by atoms with van der Waals surface area (Å²) in [5, 5.41) is 7.12. The van der Waals surface area contributed by atoms with E-state index in [0.717, 1.165) is 33.6 Å². The smallest absolute Gasteiger partial charge is 0.236 e. The summed E-state index contributed by atoms with van der Waals surface area (Å²) in [6, 6.07) is 19.4. The predicted octanol–water partition coefficient (Wildman–Crippen LogP) is 5.42. The molecular formula is C28H29N3O3S. The van der Waals surface area contributed by atoms with Crippen LogP contribution in [-0.4, -0.2) is 23.9 Å². The van der Waals surface area contributed by atoms with Gasteiger partial charge in [0.1, 0.15) is 5.92 Å². The highest BCUT2D eigenvalue weighted by Crippen LogP contribution is 2.52. The van der Waals surface area contributed by atoms with E-state index in [1.807, 2.05) is 87.2 Å². The number of amides is 1. The molecule has 2 aliphatic heterocycles. The van der Waals surface area contributed by atoms with Crippen LogP contribution < -0.4 is 25.0 Å².